The maximum absolute atomic E-state index is 13.6. The number of methoxy groups -OCH3 is 1. The van der Waals surface area contributed by atoms with Gasteiger partial charge in [0.05, 0.1) is 31.2 Å². The van der Waals surface area contributed by atoms with Crippen molar-refractivity contribution in [2.45, 2.75) is 6.61 Å². The van der Waals surface area contributed by atoms with Crippen molar-refractivity contribution in [1.29, 1.82) is 0 Å². The minimum Gasteiger partial charge on any atom is -0.465 e. The van der Waals surface area contributed by atoms with E-state index >= 15 is 0 Å². The highest BCUT2D eigenvalue weighted by Gasteiger charge is 2.14. The van der Waals surface area contributed by atoms with Crippen molar-refractivity contribution < 1.29 is 19.0 Å². The lowest BCUT2D eigenvalue weighted by atomic mass is 10.0. The Hall–Kier alpha value is -2.21. The zero-order valence-corrected chi connectivity index (χ0v) is 10.6. The van der Waals surface area contributed by atoms with Crippen LogP contribution in [0.3, 0.4) is 0 Å². The van der Waals surface area contributed by atoms with E-state index in [0.717, 1.165) is 6.07 Å². The second-order valence-corrected chi connectivity index (χ2v) is 4.01. The number of aliphatic hydroxyl groups excluding tert-OH is 1. The van der Waals surface area contributed by atoms with E-state index in [1.165, 1.54) is 30.1 Å². The topological polar surface area (TPSA) is 64.3 Å². The Labute approximate surface area is 109 Å². The normalized spacial score (nSPS) is 10.5. The molecule has 0 fully saturated rings. The van der Waals surface area contributed by atoms with Crippen LogP contribution in [-0.2, 0) is 18.4 Å². The molecule has 0 radical (unpaired) electrons. The first-order chi connectivity index (χ1) is 9.06. The number of hydrogen-bond donors (Lipinski definition) is 1. The lowest BCUT2D eigenvalue weighted by Gasteiger charge is -2.06. The van der Waals surface area contributed by atoms with Gasteiger partial charge in [-0.2, -0.15) is 5.10 Å². The van der Waals surface area contributed by atoms with Crippen LogP contribution in [0.2, 0.25) is 0 Å². The van der Waals surface area contributed by atoms with Crippen LogP contribution in [0.1, 0.15) is 16.1 Å². The van der Waals surface area contributed by atoms with E-state index in [0.29, 0.717) is 16.8 Å². The molecule has 2 rings (SSSR count). The average molecular weight is 264 g/mol. The molecule has 0 unspecified atom stereocenters. The Morgan fingerprint density at radius 1 is 1.47 bits per heavy atom. The summed E-state index contributed by atoms with van der Waals surface area (Å²) in [5, 5.41) is 13.3. The van der Waals surface area contributed by atoms with Crippen LogP contribution in [0.15, 0.2) is 24.4 Å². The van der Waals surface area contributed by atoms with E-state index in [-0.39, 0.29) is 12.2 Å². The third-order valence-electron chi connectivity index (χ3n) is 2.84. The highest BCUT2D eigenvalue weighted by molar-refractivity contribution is 5.91. The van der Waals surface area contributed by atoms with Gasteiger partial charge in [0.15, 0.2) is 0 Å². The molecule has 1 aromatic heterocycles. The van der Waals surface area contributed by atoms with Gasteiger partial charge < -0.3 is 9.84 Å². The summed E-state index contributed by atoms with van der Waals surface area (Å²) < 4.78 is 19.6. The summed E-state index contributed by atoms with van der Waals surface area (Å²) >= 11 is 0. The molecular formula is C13H13FN2O3. The third kappa shape index (κ3) is 2.48. The molecular weight excluding hydrogens is 251 g/mol. The number of aromatic nitrogens is 2. The Kier molecular flexibility index (Phi) is 3.62. The van der Waals surface area contributed by atoms with E-state index < -0.39 is 11.8 Å². The van der Waals surface area contributed by atoms with Gasteiger partial charge in [-0.05, 0) is 23.8 Å². The number of aliphatic hydroxyl groups is 1. The second kappa shape index (κ2) is 5.19. The molecule has 0 aliphatic rings. The Balaban J connectivity index is 2.56. The summed E-state index contributed by atoms with van der Waals surface area (Å²) in [7, 11) is 2.91. The monoisotopic (exact) mass is 264 g/mol. The smallest absolute Gasteiger partial charge is 0.337 e. The fraction of sp³-hybridized carbons (Fsp3) is 0.231. The van der Waals surface area contributed by atoms with Crippen LogP contribution >= 0.6 is 0 Å². The summed E-state index contributed by atoms with van der Waals surface area (Å²) in [6, 6.07) is 3.89. The van der Waals surface area contributed by atoms with E-state index in [1.54, 1.807) is 7.05 Å². The van der Waals surface area contributed by atoms with Crippen LogP contribution in [0.4, 0.5) is 4.39 Å². The molecule has 0 amide bonds. The van der Waals surface area contributed by atoms with Crippen LogP contribution < -0.4 is 0 Å². The quantitative estimate of drug-likeness (QED) is 0.853. The van der Waals surface area contributed by atoms with Gasteiger partial charge >= 0.3 is 5.97 Å². The largest absolute Gasteiger partial charge is 0.465 e. The van der Waals surface area contributed by atoms with Crippen LogP contribution in [0.5, 0.6) is 0 Å². The average Bonchev–Trinajstić information content (AvgIpc) is 2.78. The Morgan fingerprint density at radius 3 is 2.84 bits per heavy atom. The predicted molar refractivity (Wildman–Crippen MR) is 65.9 cm³/mol. The first-order valence-electron chi connectivity index (χ1n) is 5.58. The molecule has 6 heteroatoms. The molecule has 0 atom stereocenters. The first kappa shape index (κ1) is 13.2. The van der Waals surface area contributed by atoms with Crippen molar-refractivity contribution >= 4 is 5.97 Å². The molecule has 0 saturated heterocycles. The van der Waals surface area contributed by atoms with Crippen molar-refractivity contribution in [3.05, 3.63) is 41.5 Å². The molecule has 0 aliphatic heterocycles. The number of benzene rings is 1. The summed E-state index contributed by atoms with van der Waals surface area (Å²) in [4.78, 5) is 11.4. The minimum absolute atomic E-state index is 0.116. The molecule has 1 N–H and O–H groups in total. The number of halogens is 1. The molecule has 0 aliphatic carbocycles. The fourth-order valence-corrected chi connectivity index (χ4v) is 1.87. The number of ether oxygens (including phenoxy) is 1. The SMILES string of the molecule is COC(=O)c1cc(F)cc(-c2cnn(C)c2CO)c1. The van der Waals surface area contributed by atoms with Gasteiger partial charge in [-0.1, -0.05) is 0 Å². The number of rotatable bonds is 3. The fourth-order valence-electron chi connectivity index (χ4n) is 1.87. The van der Waals surface area contributed by atoms with Crippen molar-refractivity contribution in [1.82, 2.24) is 9.78 Å². The zero-order chi connectivity index (χ0) is 14.0. The van der Waals surface area contributed by atoms with Crippen molar-refractivity contribution in [2.75, 3.05) is 7.11 Å². The van der Waals surface area contributed by atoms with Crippen LogP contribution in [0.25, 0.3) is 11.1 Å². The van der Waals surface area contributed by atoms with E-state index in [9.17, 15) is 14.3 Å². The molecule has 0 bridgehead atoms. The van der Waals surface area contributed by atoms with Gasteiger partial charge in [-0.3, -0.25) is 4.68 Å². The van der Waals surface area contributed by atoms with E-state index in [2.05, 4.69) is 9.84 Å². The Bertz CT molecular complexity index is 622. The van der Waals surface area contributed by atoms with Gasteiger partial charge in [-0.25, -0.2) is 9.18 Å². The number of esters is 1. The molecule has 5 nitrogen and oxygen atoms in total. The number of aryl methyl sites for hydroxylation is 1. The summed E-state index contributed by atoms with van der Waals surface area (Å²) in [6.45, 7) is -0.226. The second-order valence-electron chi connectivity index (χ2n) is 4.01. The maximum atomic E-state index is 13.6. The van der Waals surface area contributed by atoms with Gasteiger partial charge in [0.25, 0.3) is 0 Å². The molecule has 0 spiro atoms. The van der Waals surface area contributed by atoms with Crippen LogP contribution in [-0.4, -0.2) is 28.0 Å². The Morgan fingerprint density at radius 2 is 2.21 bits per heavy atom. The maximum Gasteiger partial charge on any atom is 0.337 e. The molecule has 2 aromatic rings. The summed E-state index contributed by atoms with van der Waals surface area (Å²) in [6.07, 6.45) is 1.52. The lowest BCUT2D eigenvalue weighted by molar-refractivity contribution is 0.0600. The summed E-state index contributed by atoms with van der Waals surface area (Å²) in [5.74, 6) is -1.17. The highest BCUT2D eigenvalue weighted by Crippen LogP contribution is 2.25. The van der Waals surface area contributed by atoms with E-state index in [1.807, 2.05) is 0 Å². The first-order valence-corrected chi connectivity index (χ1v) is 5.58. The molecule has 1 aromatic carbocycles. The molecule has 1 heterocycles. The lowest BCUT2D eigenvalue weighted by Crippen LogP contribution is -2.03. The molecule has 19 heavy (non-hydrogen) atoms. The number of carbonyl (C=O) groups is 1. The van der Waals surface area contributed by atoms with Crippen LogP contribution in [0, 0.1) is 5.82 Å². The highest BCUT2D eigenvalue weighted by atomic mass is 19.1. The number of carbonyl (C=O) groups excluding carboxylic acids is 1. The van der Waals surface area contributed by atoms with Crippen molar-refractivity contribution in [3.63, 3.8) is 0 Å². The minimum atomic E-state index is -0.616. The van der Waals surface area contributed by atoms with Crippen molar-refractivity contribution in [3.8, 4) is 11.1 Å². The van der Waals surface area contributed by atoms with E-state index in [4.69, 9.17) is 0 Å². The number of nitrogens with zero attached hydrogens (tertiary/aromatic N) is 2. The molecule has 100 valence electrons. The van der Waals surface area contributed by atoms with Crippen molar-refractivity contribution in [2.24, 2.45) is 7.05 Å². The van der Waals surface area contributed by atoms with Gasteiger partial charge in [-0.15, -0.1) is 0 Å². The van der Waals surface area contributed by atoms with Gasteiger partial charge in [0.2, 0.25) is 0 Å². The standard InChI is InChI=1S/C13H13FN2O3/c1-16-12(7-17)11(6-15-16)8-3-9(13(18)19-2)5-10(14)4-8/h3-6,17H,7H2,1-2H3. The third-order valence-corrected chi connectivity index (χ3v) is 2.84. The number of hydrogen-bond acceptors (Lipinski definition) is 4. The summed E-state index contributed by atoms with van der Waals surface area (Å²) in [5.41, 5.74) is 1.71. The predicted octanol–water partition coefficient (Wildman–Crippen LogP) is 1.51. The van der Waals surface area contributed by atoms with Gasteiger partial charge in [0, 0.05) is 12.6 Å². The molecule has 0 saturated carbocycles. The zero-order valence-electron chi connectivity index (χ0n) is 10.6. The van der Waals surface area contributed by atoms with Gasteiger partial charge in [0.1, 0.15) is 5.82 Å².